The summed E-state index contributed by atoms with van der Waals surface area (Å²) in [6, 6.07) is 7.22. The largest absolute Gasteiger partial charge is 0.497 e. The van der Waals surface area contributed by atoms with E-state index >= 15 is 0 Å². The number of carbonyl (C=O) groups is 1. The lowest BCUT2D eigenvalue weighted by Crippen LogP contribution is -2.47. The molecule has 0 saturated carbocycles. The van der Waals surface area contributed by atoms with Crippen LogP contribution in [0.3, 0.4) is 0 Å². The monoisotopic (exact) mass is 398 g/mol. The molecule has 9 heteroatoms. The van der Waals surface area contributed by atoms with Crippen LogP contribution in [0.1, 0.15) is 19.8 Å². The van der Waals surface area contributed by atoms with Gasteiger partial charge in [0.25, 0.3) is 0 Å². The van der Waals surface area contributed by atoms with Gasteiger partial charge < -0.3 is 19.1 Å². The van der Waals surface area contributed by atoms with Crippen LogP contribution >= 0.6 is 0 Å². The molecule has 1 aromatic carbocycles. The zero-order valence-corrected chi connectivity index (χ0v) is 16.5. The molecule has 1 amide bonds. The van der Waals surface area contributed by atoms with E-state index in [1.807, 2.05) is 0 Å². The van der Waals surface area contributed by atoms with Crippen molar-refractivity contribution < 1.29 is 27.4 Å². The van der Waals surface area contributed by atoms with E-state index in [0.29, 0.717) is 38.2 Å². The molecule has 0 aromatic heterocycles. The smallest absolute Gasteiger partial charge is 0.410 e. The quantitative estimate of drug-likeness (QED) is 0.695. The molecule has 1 aromatic rings. The number of amides is 1. The molecule has 2 aliphatic heterocycles. The Labute approximate surface area is 160 Å². The summed E-state index contributed by atoms with van der Waals surface area (Å²) in [4.78, 5) is 13.9. The number of cyclic esters (lactones) is 1. The average molecular weight is 398 g/mol. The second-order valence-electron chi connectivity index (χ2n) is 6.68. The Hall–Kier alpha value is -2.00. The summed E-state index contributed by atoms with van der Waals surface area (Å²) in [7, 11) is -1.57. The van der Waals surface area contributed by atoms with E-state index in [-0.39, 0.29) is 30.6 Å². The van der Waals surface area contributed by atoms with Gasteiger partial charge in [-0.25, -0.2) is 17.5 Å². The Balaban J connectivity index is 1.49. The van der Waals surface area contributed by atoms with Crippen LogP contribution in [-0.2, 0) is 14.8 Å². The third kappa shape index (κ3) is 4.65. The number of hydrogen-bond acceptors (Lipinski definition) is 6. The molecule has 8 nitrogen and oxygen atoms in total. The van der Waals surface area contributed by atoms with Gasteiger partial charge in [0.05, 0.1) is 19.4 Å². The van der Waals surface area contributed by atoms with Crippen LogP contribution in [0.15, 0.2) is 24.3 Å². The van der Waals surface area contributed by atoms with Gasteiger partial charge in [0.15, 0.2) is 6.10 Å². The molecular formula is C18H26N2O6S. The minimum absolute atomic E-state index is 0.00629. The van der Waals surface area contributed by atoms with Crippen molar-refractivity contribution >= 4 is 16.1 Å². The second-order valence-corrected chi connectivity index (χ2v) is 8.93. The van der Waals surface area contributed by atoms with Gasteiger partial charge in [-0.2, -0.15) is 0 Å². The Morgan fingerprint density at radius 2 is 1.78 bits per heavy atom. The highest BCUT2D eigenvalue weighted by molar-refractivity contribution is 7.89. The van der Waals surface area contributed by atoms with Crippen molar-refractivity contribution in [1.82, 2.24) is 9.21 Å². The first-order valence-corrected chi connectivity index (χ1v) is 10.8. The first kappa shape index (κ1) is 19.8. The number of sulfonamides is 1. The lowest BCUT2D eigenvalue weighted by Gasteiger charge is -2.34. The second kappa shape index (κ2) is 8.35. The van der Waals surface area contributed by atoms with Gasteiger partial charge in [-0.15, -0.1) is 0 Å². The number of rotatable bonds is 7. The number of hydrogen-bond donors (Lipinski definition) is 0. The summed E-state index contributed by atoms with van der Waals surface area (Å²) in [5.41, 5.74) is 0. The van der Waals surface area contributed by atoms with Crippen LogP contribution in [0.5, 0.6) is 11.5 Å². The highest BCUT2D eigenvalue weighted by Crippen LogP contribution is 2.25. The lowest BCUT2D eigenvalue weighted by atomic mass is 10.1. The molecule has 0 bridgehead atoms. The zero-order valence-electron chi connectivity index (χ0n) is 15.7. The molecule has 150 valence electrons. The molecule has 0 radical (unpaired) electrons. The first-order valence-electron chi connectivity index (χ1n) is 9.15. The molecule has 2 heterocycles. The van der Waals surface area contributed by atoms with Crippen molar-refractivity contribution in [3.63, 3.8) is 0 Å². The third-order valence-corrected chi connectivity index (χ3v) is 6.90. The van der Waals surface area contributed by atoms with Crippen molar-refractivity contribution in [3.8, 4) is 11.5 Å². The minimum Gasteiger partial charge on any atom is -0.497 e. The van der Waals surface area contributed by atoms with Crippen molar-refractivity contribution in [2.45, 2.75) is 31.9 Å². The Morgan fingerprint density at radius 3 is 2.37 bits per heavy atom. The molecule has 1 unspecified atom stereocenters. The molecule has 0 aliphatic carbocycles. The van der Waals surface area contributed by atoms with Gasteiger partial charge in [-0.1, -0.05) is 0 Å². The van der Waals surface area contributed by atoms with Crippen LogP contribution in [-0.4, -0.2) is 75.0 Å². The summed E-state index contributed by atoms with van der Waals surface area (Å²) in [5.74, 6) is 1.54. The van der Waals surface area contributed by atoms with Crippen LogP contribution < -0.4 is 9.47 Å². The van der Waals surface area contributed by atoms with E-state index in [1.54, 1.807) is 43.2 Å². The average Bonchev–Trinajstić information content (AvgIpc) is 3.07. The normalized spacial score (nSPS) is 21.9. The van der Waals surface area contributed by atoms with Crippen molar-refractivity contribution in [3.05, 3.63) is 24.3 Å². The number of methoxy groups -OCH3 is 1. The number of ether oxygens (including phenoxy) is 3. The standard InChI is InChI=1S/C18H26N2O6S/c1-3-27(22,23)19-10-8-14(9-11-19)20-12-17(26-18(20)21)13-25-16-6-4-15(24-2)5-7-16/h4-7,14,17H,3,8-13H2,1-2H3. The predicted octanol–water partition coefficient (Wildman–Crippen LogP) is 1.71. The fourth-order valence-electron chi connectivity index (χ4n) is 3.40. The maximum Gasteiger partial charge on any atom is 0.410 e. The number of nitrogens with zero attached hydrogens (tertiary/aromatic N) is 2. The molecular weight excluding hydrogens is 372 g/mol. The fourth-order valence-corrected chi connectivity index (χ4v) is 4.53. The van der Waals surface area contributed by atoms with Crippen LogP contribution in [0.25, 0.3) is 0 Å². The predicted molar refractivity (Wildman–Crippen MR) is 99.5 cm³/mol. The molecule has 27 heavy (non-hydrogen) atoms. The Bertz CT molecular complexity index is 744. The van der Waals surface area contributed by atoms with E-state index in [9.17, 15) is 13.2 Å². The van der Waals surface area contributed by atoms with Crippen molar-refractivity contribution in [1.29, 1.82) is 0 Å². The van der Waals surface area contributed by atoms with E-state index in [1.165, 1.54) is 4.31 Å². The van der Waals surface area contributed by atoms with E-state index in [2.05, 4.69) is 0 Å². The topological polar surface area (TPSA) is 85.4 Å². The highest BCUT2D eigenvalue weighted by Gasteiger charge is 2.39. The van der Waals surface area contributed by atoms with Gasteiger partial charge in [0.1, 0.15) is 18.1 Å². The summed E-state index contributed by atoms with van der Waals surface area (Å²) in [6.45, 7) is 3.26. The lowest BCUT2D eigenvalue weighted by molar-refractivity contribution is 0.0999. The Morgan fingerprint density at radius 1 is 1.15 bits per heavy atom. The Kier molecular flexibility index (Phi) is 6.11. The van der Waals surface area contributed by atoms with Crippen LogP contribution in [0.2, 0.25) is 0 Å². The summed E-state index contributed by atoms with van der Waals surface area (Å²) >= 11 is 0. The third-order valence-electron chi connectivity index (χ3n) is 5.02. The molecule has 2 fully saturated rings. The fraction of sp³-hybridized carbons (Fsp3) is 0.611. The zero-order chi connectivity index (χ0) is 19.4. The summed E-state index contributed by atoms with van der Waals surface area (Å²) in [5, 5.41) is 0. The maximum atomic E-state index is 12.2. The first-order chi connectivity index (χ1) is 12.9. The summed E-state index contributed by atoms with van der Waals surface area (Å²) in [6.07, 6.45) is 0.563. The van der Waals surface area contributed by atoms with E-state index in [4.69, 9.17) is 14.2 Å². The van der Waals surface area contributed by atoms with Gasteiger partial charge in [-0.05, 0) is 44.0 Å². The van der Waals surface area contributed by atoms with Crippen molar-refractivity contribution in [2.75, 3.05) is 39.1 Å². The number of carbonyl (C=O) groups excluding carboxylic acids is 1. The van der Waals surface area contributed by atoms with Crippen LogP contribution in [0, 0.1) is 0 Å². The minimum atomic E-state index is -3.17. The molecule has 0 spiro atoms. The highest BCUT2D eigenvalue weighted by atomic mass is 32.2. The van der Waals surface area contributed by atoms with Gasteiger partial charge in [0.2, 0.25) is 10.0 Å². The van der Waals surface area contributed by atoms with Gasteiger partial charge in [-0.3, -0.25) is 0 Å². The molecule has 1 atom stereocenters. The number of piperidine rings is 1. The van der Waals surface area contributed by atoms with Crippen LogP contribution in [0.4, 0.5) is 4.79 Å². The maximum absolute atomic E-state index is 12.2. The van der Waals surface area contributed by atoms with E-state index < -0.39 is 10.0 Å². The molecule has 2 aliphatic rings. The molecule has 3 rings (SSSR count). The molecule has 0 N–H and O–H groups in total. The molecule has 2 saturated heterocycles. The summed E-state index contributed by atoms with van der Waals surface area (Å²) < 4.78 is 41.6. The number of benzene rings is 1. The van der Waals surface area contributed by atoms with Gasteiger partial charge >= 0.3 is 6.09 Å². The van der Waals surface area contributed by atoms with E-state index in [0.717, 1.165) is 5.75 Å². The SMILES string of the molecule is CCS(=O)(=O)N1CCC(N2CC(COc3ccc(OC)cc3)OC2=O)CC1. The van der Waals surface area contributed by atoms with Crippen molar-refractivity contribution in [2.24, 2.45) is 0 Å². The van der Waals surface area contributed by atoms with Gasteiger partial charge in [0, 0.05) is 19.1 Å².